The van der Waals surface area contributed by atoms with Crippen LogP contribution in [0, 0.1) is 0 Å². The molecule has 2 aliphatic heterocycles. The van der Waals surface area contributed by atoms with E-state index in [0.29, 0.717) is 52.1 Å². The minimum absolute atomic E-state index is 0.239. The number of anilines is 4. The number of halogens is 1. The Morgan fingerprint density at radius 2 is 1.75 bits per heavy atom. The van der Waals surface area contributed by atoms with Crippen LogP contribution in [0.25, 0.3) is 11.1 Å². The number of nitrogens with one attached hydrogen (secondary N) is 2. The molecule has 0 spiro atoms. The number of ether oxygens (including phenoxy) is 1. The third-order valence-electron chi connectivity index (χ3n) is 5.69. The average Bonchev–Trinajstić information content (AvgIpc) is 3.06. The summed E-state index contributed by atoms with van der Waals surface area (Å²) in [4.78, 5) is 12.9. The predicted octanol–water partition coefficient (Wildman–Crippen LogP) is 6.20. The summed E-state index contributed by atoms with van der Waals surface area (Å²) in [6, 6.07) is 16.5. The Balaban J connectivity index is 1.51. The van der Waals surface area contributed by atoms with Crippen molar-refractivity contribution in [2.75, 3.05) is 34.3 Å². The molecular weight excluding hydrogens is 450 g/mol. The van der Waals surface area contributed by atoms with E-state index in [0.717, 1.165) is 16.8 Å². The molecule has 4 N–H and O–H groups in total. The van der Waals surface area contributed by atoms with Crippen LogP contribution < -0.4 is 19.7 Å². The van der Waals surface area contributed by atoms with Crippen molar-refractivity contribution in [2.45, 2.75) is 6.42 Å². The highest BCUT2D eigenvalue weighted by Crippen LogP contribution is 2.52. The average molecular weight is 472 g/mol. The molecule has 32 heavy (non-hydrogen) atoms. The summed E-state index contributed by atoms with van der Waals surface area (Å²) in [6.45, 7) is 0.566. The minimum Gasteiger partial charge on any atom is -0.495 e. The van der Waals surface area contributed by atoms with Gasteiger partial charge in [-0.25, -0.2) is 0 Å². The second kappa shape index (κ2) is 7.90. The highest BCUT2D eigenvalue weighted by molar-refractivity contribution is 8.25. The summed E-state index contributed by atoms with van der Waals surface area (Å²) < 4.78 is 27.5. The molecule has 166 valence electrons. The summed E-state index contributed by atoms with van der Waals surface area (Å²) in [6.07, 6.45) is 0.716. The van der Waals surface area contributed by atoms with Crippen LogP contribution in [0.1, 0.15) is 16.8 Å². The monoisotopic (exact) mass is 471 g/mol. The van der Waals surface area contributed by atoms with Gasteiger partial charge in [0.1, 0.15) is 5.75 Å². The molecule has 3 aromatic rings. The number of nitrogens with zero attached hydrogens (tertiary/aromatic N) is 1. The standard InChI is InChI=1S/C23H22ClN3O4S/c1-31-22-12-15(4-7-18(22)24)14-3-6-17-20(11-14)25-19-8-5-16(13-21(19)26-23(17)28)27-9-2-10-32(27,29)30/h3-8,11-13,25,29-30H,2,9-10H2,1H3,(H,26,28). The Labute approximate surface area is 192 Å². The SMILES string of the molecule is COc1cc(-c2ccc3c(c2)Nc2ccc(N4CCCS4(O)O)cc2NC3=O)ccc1Cl. The number of hydrogen-bond acceptors (Lipinski definition) is 6. The number of methoxy groups -OCH3 is 1. The van der Waals surface area contributed by atoms with Crippen LogP contribution in [-0.2, 0) is 0 Å². The van der Waals surface area contributed by atoms with Gasteiger partial charge in [0, 0.05) is 6.54 Å². The summed E-state index contributed by atoms with van der Waals surface area (Å²) in [5, 5.41) is 6.81. The van der Waals surface area contributed by atoms with E-state index < -0.39 is 10.8 Å². The molecule has 9 heteroatoms. The molecule has 1 amide bonds. The lowest BCUT2D eigenvalue weighted by atomic mass is 10.0. The molecule has 0 atom stereocenters. The van der Waals surface area contributed by atoms with Gasteiger partial charge in [-0.1, -0.05) is 23.7 Å². The van der Waals surface area contributed by atoms with Crippen molar-refractivity contribution >= 4 is 51.0 Å². The van der Waals surface area contributed by atoms with E-state index >= 15 is 0 Å². The van der Waals surface area contributed by atoms with Gasteiger partial charge in [0.25, 0.3) is 5.91 Å². The fraction of sp³-hybridized carbons (Fsp3) is 0.174. The van der Waals surface area contributed by atoms with E-state index in [2.05, 4.69) is 10.6 Å². The number of benzene rings is 3. The van der Waals surface area contributed by atoms with Crippen molar-refractivity contribution in [3.8, 4) is 16.9 Å². The molecule has 2 heterocycles. The number of fused-ring (bicyclic) bond motifs is 2. The van der Waals surface area contributed by atoms with Crippen LogP contribution >= 0.6 is 22.4 Å². The topological polar surface area (TPSA) is 94.1 Å². The quantitative estimate of drug-likeness (QED) is 0.363. The molecule has 1 saturated heterocycles. The van der Waals surface area contributed by atoms with Gasteiger partial charge < -0.3 is 15.4 Å². The smallest absolute Gasteiger partial charge is 0.257 e. The first-order chi connectivity index (χ1) is 15.4. The van der Waals surface area contributed by atoms with Crippen molar-refractivity contribution in [1.82, 2.24) is 0 Å². The van der Waals surface area contributed by atoms with Gasteiger partial charge in [-0.2, -0.15) is 0 Å². The van der Waals surface area contributed by atoms with Crippen LogP contribution in [0.3, 0.4) is 0 Å². The maximum Gasteiger partial charge on any atom is 0.257 e. The summed E-state index contributed by atoms with van der Waals surface area (Å²) in [5.74, 6) is 0.700. The highest BCUT2D eigenvalue weighted by Gasteiger charge is 2.30. The van der Waals surface area contributed by atoms with Crippen molar-refractivity contribution < 1.29 is 18.6 Å². The van der Waals surface area contributed by atoms with Crippen molar-refractivity contribution in [3.05, 3.63) is 65.2 Å². The zero-order chi connectivity index (χ0) is 22.5. The number of carbonyl (C=O) groups excluding carboxylic acids is 1. The van der Waals surface area contributed by atoms with E-state index in [1.165, 1.54) is 0 Å². The Bertz CT molecular complexity index is 1230. The third kappa shape index (κ3) is 3.65. The Morgan fingerprint density at radius 3 is 2.50 bits per heavy atom. The highest BCUT2D eigenvalue weighted by atomic mass is 35.5. The molecule has 0 unspecified atom stereocenters. The van der Waals surface area contributed by atoms with Gasteiger partial charge in [0.15, 0.2) is 0 Å². The summed E-state index contributed by atoms with van der Waals surface area (Å²) >= 11 is 6.15. The van der Waals surface area contributed by atoms with E-state index in [1.54, 1.807) is 29.6 Å². The molecule has 0 radical (unpaired) electrons. The number of amides is 1. The Hall–Kier alpha value is -2.91. The largest absolute Gasteiger partial charge is 0.495 e. The summed E-state index contributed by atoms with van der Waals surface area (Å²) in [7, 11) is -1.24. The third-order valence-corrected chi connectivity index (χ3v) is 7.94. The van der Waals surface area contributed by atoms with Crippen molar-refractivity contribution in [1.29, 1.82) is 0 Å². The first-order valence-corrected chi connectivity index (χ1v) is 12.1. The Morgan fingerprint density at radius 1 is 0.969 bits per heavy atom. The van der Waals surface area contributed by atoms with E-state index in [9.17, 15) is 13.9 Å². The van der Waals surface area contributed by atoms with Crippen LogP contribution in [0.4, 0.5) is 22.7 Å². The number of carbonyl (C=O) groups is 1. The fourth-order valence-electron chi connectivity index (χ4n) is 4.06. The number of hydrogen-bond donors (Lipinski definition) is 4. The first kappa shape index (κ1) is 21.0. The molecule has 2 aliphatic rings. The lowest BCUT2D eigenvalue weighted by Gasteiger charge is -2.38. The van der Waals surface area contributed by atoms with Crippen LogP contribution in [0.15, 0.2) is 54.6 Å². The van der Waals surface area contributed by atoms with Gasteiger partial charge >= 0.3 is 0 Å². The first-order valence-electron chi connectivity index (χ1n) is 10.1. The van der Waals surface area contributed by atoms with Crippen LogP contribution in [0.2, 0.25) is 5.02 Å². The van der Waals surface area contributed by atoms with E-state index in [4.69, 9.17) is 16.3 Å². The van der Waals surface area contributed by atoms with Crippen molar-refractivity contribution in [3.63, 3.8) is 0 Å². The second-order valence-electron chi connectivity index (χ2n) is 7.71. The molecule has 7 nitrogen and oxygen atoms in total. The predicted molar refractivity (Wildman–Crippen MR) is 131 cm³/mol. The van der Waals surface area contributed by atoms with Gasteiger partial charge in [-0.05, 0) is 60.0 Å². The van der Waals surface area contributed by atoms with Crippen molar-refractivity contribution in [2.24, 2.45) is 0 Å². The lowest BCUT2D eigenvalue weighted by Crippen LogP contribution is -2.22. The van der Waals surface area contributed by atoms with Gasteiger partial charge in [0.05, 0.1) is 46.2 Å². The molecule has 0 aromatic heterocycles. The normalized spacial score (nSPS) is 17.5. The Kier molecular flexibility index (Phi) is 5.17. The molecule has 0 bridgehead atoms. The van der Waals surface area contributed by atoms with Gasteiger partial charge in [-0.15, -0.1) is 10.8 Å². The number of rotatable bonds is 3. The lowest BCUT2D eigenvalue weighted by molar-refractivity contribution is 0.102. The van der Waals surface area contributed by atoms with Crippen LogP contribution in [0.5, 0.6) is 5.75 Å². The molecule has 1 fully saturated rings. The molecule has 3 aromatic carbocycles. The fourth-order valence-corrected chi connectivity index (χ4v) is 5.86. The molecular formula is C23H22ClN3O4S. The zero-order valence-corrected chi connectivity index (χ0v) is 18.8. The van der Waals surface area contributed by atoms with Gasteiger partial charge in [-0.3, -0.25) is 18.2 Å². The second-order valence-corrected chi connectivity index (χ2v) is 10.2. The summed E-state index contributed by atoms with van der Waals surface area (Å²) in [5.41, 5.74) is 4.98. The molecule has 0 saturated carbocycles. The molecule has 0 aliphatic carbocycles. The van der Waals surface area contributed by atoms with E-state index in [-0.39, 0.29) is 5.91 Å². The molecule has 5 rings (SSSR count). The van der Waals surface area contributed by atoms with E-state index in [1.807, 2.05) is 36.4 Å². The minimum atomic E-state index is -2.81. The maximum absolute atomic E-state index is 12.9. The van der Waals surface area contributed by atoms with Gasteiger partial charge in [0.2, 0.25) is 0 Å². The van der Waals surface area contributed by atoms with Crippen LogP contribution in [-0.4, -0.2) is 34.4 Å². The zero-order valence-electron chi connectivity index (χ0n) is 17.3. The maximum atomic E-state index is 12.9.